The first-order valence-corrected chi connectivity index (χ1v) is 6.49. The van der Waals surface area contributed by atoms with Gasteiger partial charge in [0.05, 0.1) is 0 Å². The molecule has 2 aliphatic heterocycles. The highest BCUT2D eigenvalue weighted by atomic mass is 16.2. The molecule has 2 fully saturated rings. The number of piperazine rings is 1. The number of benzene rings is 1. The molecule has 3 rings (SSSR count). The maximum absolute atomic E-state index is 12.5. The van der Waals surface area contributed by atoms with E-state index in [1.807, 2.05) is 30.3 Å². The number of imide groups is 1. The smallest absolute Gasteiger partial charge is 0.312 e. The lowest BCUT2D eigenvalue weighted by Gasteiger charge is -2.39. The second kappa shape index (κ2) is 4.35. The Balaban J connectivity index is 1.98. The van der Waals surface area contributed by atoms with Gasteiger partial charge >= 0.3 is 6.03 Å². The Kier molecular flexibility index (Phi) is 2.78. The number of nitrogens with zero attached hydrogens (tertiary/aromatic N) is 2. The topological polar surface area (TPSA) is 52.7 Å². The third-order valence-corrected chi connectivity index (χ3v) is 4.01. The van der Waals surface area contributed by atoms with Gasteiger partial charge in [0.1, 0.15) is 5.54 Å². The molecule has 0 aromatic heterocycles. The Hall–Kier alpha value is -1.88. The summed E-state index contributed by atoms with van der Waals surface area (Å²) in [5, 5.41) is 3.25. The number of hydrogen-bond donors (Lipinski definition) is 1. The second-order valence-electron chi connectivity index (χ2n) is 5.17. The van der Waals surface area contributed by atoms with E-state index in [4.69, 9.17) is 0 Å². The first-order valence-electron chi connectivity index (χ1n) is 6.49. The zero-order chi connectivity index (χ0) is 13.5. The van der Waals surface area contributed by atoms with Gasteiger partial charge in [0, 0.05) is 33.1 Å². The van der Waals surface area contributed by atoms with Gasteiger partial charge in [0.15, 0.2) is 0 Å². The van der Waals surface area contributed by atoms with Gasteiger partial charge in [-0.3, -0.25) is 9.69 Å². The molecule has 2 saturated heterocycles. The summed E-state index contributed by atoms with van der Waals surface area (Å²) in [6.45, 7) is 1.85. The van der Waals surface area contributed by atoms with Gasteiger partial charge in [-0.05, 0) is 5.56 Å². The number of nitrogens with one attached hydrogen (secondary N) is 1. The predicted octanol–water partition coefficient (Wildman–Crippen LogP) is 0.465. The van der Waals surface area contributed by atoms with Crippen molar-refractivity contribution >= 4 is 11.9 Å². The van der Waals surface area contributed by atoms with E-state index in [1.165, 1.54) is 4.90 Å². The summed E-state index contributed by atoms with van der Waals surface area (Å²) in [6.07, 6.45) is 0.565. The molecule has 1 atom stereocenters. The van der Waals surface area contributed by atoms with Crippen molar-refractivity contribution in [2.75, 3.05) is 26.7 Å². The Labute approximate surface area is 112 Å². The Morgan fingerprint density at radius 1 is 1.26 bits per heavy atom. The van der Waals surface area contributed by atoms with Gasteiger partial charge in [-0.2, -0.15) is 0 Å². The van der Waals surface area contributed by atoms with E-state index in [9.17, 15) is 9.59 Å². The molecular formula is C14H17N3O2. The van der Waals surface area contributed by atoms with E-state index in [1.54, 1.807) is 11.9 Å². The van der Waals surface area contributed by atoms with Crippen LogP contribution in [0.5, 0.6) is 0 Å². The lowest BCUT2D eigenvalue weighted by Crippen LogP contribution is -2.63. The minimum absolute atomic E-state index is 0.103. The van der Waals surface area contributed by atoms with Gasteiger partial charge in [-0.1, -0.05) is 30.3 Å². The maximum atomic E-state index is 12.5. The molecule has 0 spiro atoms. The highest BCUT2D eigenvalue weighted by molar-refractivity contribution is 6.07. The molecule has 0 aliphatic carbocycles. The average molecular weight is 259 g/mol. The van der Waals surface area contributed by atoms with Crippen LogP contribution in [0, 0.1) is 0 Å². The van der Waals surface area contributed by atoms with Crippen LogP contribution in [0.4, 0.5) is 4.79 Å². The number of fused-ring (bicyclic) bond motifs is 1. The third kappa shape index (κ3) is 1.73. The SMILES string of the molecule is CN1C(=O)N2CCNCC2(Cc2ccccc2)C1=O. The number of urea groups is 1. The monoisotopic (exact) mass is 259 g/mol. The van der Waals surface area contributed by atoms with Gasteiger partial charge < -0.3 is 10.2 Å². The summed E-state index contributed by atoms with van der Waals surface area (Å²) in [5.74, 6) is -0.103. The Bertz CT molecular complexity index is 517. The van der Waals surface area contributed by atoms with Crippen molar-refractivity contribution in [2.24, 2.45) is 0 Å². The molecule has 3 amide bonds. The molecule has 1 aromatic carbocycles. The van der Waals surface area contributed by atoms with Crippen molar-refractivity contribution in [1.82, 2.24) is 15.1 Å². The van der Waals surface area contributed by atoms with E-state index in [2.05, 4.69) is 5.32 Å². The minimum Gasteiger partial charge on any atom is -0.312 e. The van der Waals surface area contributed by atoms with E-state index in [0.29, 0.717) is 19.5 Å². The summed E-state index contributed by atoms with van der Waals surface area (Å²) in [4.78, 5) is 27.6. The van der Waals surface area contributed by atoms with E-state index >= 15 is 0 Å². The third-order valence-electron chi connectivity index (χ3n) is 4.01. The predicted molar refractivity (Wildman–Crippen MR) is 70.6 cm³/mol. The van der Waals surface area contributed by atoms with Gasteiger partial charge in [0.2, 0.25) is 0 Å². The van der Waals surface area contributed by atoms with Gasteiger partial charge in [0.25, 0.3) is 5.91 Å². The van der Waals surface area contributed by atoms with Crippen LogP contribution < -0.4 is 5.32 Å². The maximum Gasteiger partial charge on any atom is 0.327 e. The van der Waals surface area contributed by atoms with Crippen LogP contribution in [0.2, 0.25) is 0 Å². The van der Waals surface area contributed by atoms with Crippen LogP contribution in [0.25, 0.3) is 0 Å². The minimum atomic E-state index is -0.745. The van der Waals surface area contributed by atoms with Gasteiger partial charge in [-0.25, -0.2) is 4.79 Å². The molecule has 0 bridgehead atoms. The number of hydrogen-bond acceptors (Lipinski definition) is 3. The fraction of sp³-hybridized carbons (Fsp3) is 0.429. The molecule has 100 valence electrons. The molecule has 1 aromatic rings. The fourth-order valence-corrected chi connectivity index (χ4v) is 3.01. The lowest BCUT2D eigenvalue weighted by molar-refractivity contribution is -0.133. The van der Waals surface area contributed by atoms with Crippen molar-refractivity contribution in [3.8, 4) is 0 Å². The number of rotatable bonds is 2. The number of carbonyl (C=O) groups is 2. The summed E-state index contributed by atoms with van der Waals surface area (Å²) in [6, 6.07) is 9.68. The van der Waals surface area contributed by atoms with Gasteiger partial charge in [-0.15, -0.1) is 0 Å². The summed E-state index contributed by atoms with van der Waals surface area (Å²) in [7, 11) is 1.57. The molecule has 2 heterocycles. The Morgan fingerprint density at radius 3 is 2.74 bits per heavy atom. The Morgan fingerprint density at radius 2 is 2.00 bits per heavy atom. The zero-order valence-electron chi connectivity index (χ0n) is 10.9. The van der Waals surface area contributed by atoms with Crippen molar-refractivity contribution in [1.29, 1.82) is 0 Å². The fourth-order valence-electron chi connectivity index (χ4n) is 3.01. The summed E-state index contributed by atoms with van der Waals surface area (Å²) < 4.78 is 0. The highest BCUT2D eigenvalue weighted by Crippen LogP contribution is 2.31. The van der Waals surface area contributed by atoms with E-state index < -0.39 is 5.54 Å². The van der Waals surface area contributed by atoms with Crippen molar-refractivity contribution in [3.05, 3.63) is 35.9 Å². The lowest BCUT2D eigenvalue weighted by atomic mass is 9.87. The summed E-state index contributed by atoms with van der Waals surface area (Å²) in [5.41, 5.74) is 0.332. The van der Waals surface area contributed by atoms with Crippen LogP contribution in [0.3, 0.4) is 0 Å². The molecule has 19 heavy (non-hydrogen) atoms. The highest BCUT2D eigenvalue weighted by Gasteiger charge is 2.56. The molecule has 0 saturated carbocycles. The largest absolute Gasteiger partial charge is 0.327 e. The molecule has 1 unspecified atom stereocenters. The number of likely N-dealkylation sites (N-methyl/N-ethyl adjacent to an activating group) is 1. The first kappa shape index (κ1) is 12.2. The summed E-state index contributed by atoms with van der Waals surface area (Å²) >= 11 is 0. The average Bonchev–Trinajstić information content (AvgIpc) is 2.63. The van der Waals surface area contributed by atoms with Crippen molar-refractivity contribution in [2.45, 2.75) is 12.0 Å². The number of carbonyl (C=O) groups excluding carboxylic acids is 2. The first-order chi connectivity index (χ1) is 9.15. The van der Waals surface area contributed by atoms with Crippen molar-refractivity contribution in [3.63, 3.8) is 0 Å². The second-order valence-corrected chi connectivity index (χ2v) is 5.17. The molecule has 2 aliphatic rings. The van der Waals surface area contributed by atoms with Crippen LogP contribution >= 0.6 is 0 Å². The van der Waals surface area contributed by atoms with Crippen LogP contribution in [-0.2, 0) is 11.2 Å². The standard InChI is InChI=1S/C14H17N3O2/c1-16-12(18)14(9-11-5-3-2-4-6-11)10-15-7-8-17(14)13(16)19/h2-6,15H,7-10H2,1H3. The van der Waals surface area contributed by atoms with E-state index in [0.717, 1.165) is 12.1 Å². The van der Waals surface area contributed by atoms with Crippen LogP contribution in [0.1, 0.15) is 5.56 Å². The molecular weight excluding hydrogens is 242 g/mol. The van der Waals surface area contributed by atoms with Crippen LogP contribution in [0.15, 0.2) is 30.3 Å². The van der Waals surface area contributed by atoms with E-state index in [-0.39, 0.29) is 11.9 Å². The molecule has 1 N–H and O–H groups in total. The van der Waals surface area contributed by atoms with Crippen LogP contribution in [-0.4, -0.2) is 54.0 Å². The zero-order valence-corrected chi connectivity index (χ0v) is 10.9. The number of amides is 3. The molecule has 0 radical (unpaired) electrons. The quantitative estimate of drug-likeness (QED) is 0.785. The van der Waals surface area contributed by atoms with Crippen molar-refractivity contribution < 1.29 is 9.59 Å². The molecule has 5 heteroatoms. The molecule has 5 nitrogen and oxygen atoms in total. The normalized spacial score (nSPS) is 26.8.